The number of amides is 1. The maximum absolute atomic E-state index is 12.8. The molecule has 1 amide bonds. The van der Waals surface area contributed by atoms with Gasteiger partial charge in [-0.25, -0.2) is 0 Å². The van der Waals surface area contributed by atoms with Crippen LogP contribution in [0, 0.1) is 0 Å². The first-order valence-corrected chi connectivity index (χ1v) is 10.9. The first kappa shape index (κ1) is 21.0. The highest BCUT2D eigenvalue weighted by Crippen LogP contribution is 2.39. The monoisotopic (exact) mass is 412 g/mol. The SMILES string of the molecule is Cn1nccc1C(=O)NC[C@]1(c2ccccc2)CC[C@@H](O)[C@H](N2CCOCC2)CC1. The van der Waals surface area contributed by atoms with E-state index in [1.165, 1.54) is 5.56 Å². The molecule has 2 aromatic rings. The van der Waals surface area contributed by atoms with Crippen LogP contribution in [0.15, 0.2) is 42.6 Å². The molecule has 7 nitrogen and oxygen atoms in total. The number of aromatic nitrogens is 2. The fourth-order valence-corrected chi connectivity index (χ4v) is 4.99. The van der Waals surface area contributed by atoms with E-state index in [9.17, 15) is 9.90 Å². The van der Waals surface area contributed by atoms with E-state index in [1.54, 1.807) is 24.0 Å². The molecule has 1 aliphatic carbocycles. The predicted molar refractivity (Wildman–Crippen MR) is 114 cm³/mol. The minimum Gasteiger partial charge on any atom is -0.391 e. The Morgan fingerprint density at radius 3 is 2.63 bits per heavy atom. The van der Waals surface area contributed by atoms with Crippen LogP contribution < -0.4 is 5.32 Å². The number of hydrogen-bond donors (Lipinski definition) is 2. The van der Waals surface area contributed by atoms with Gasteiger partial charge in [-0.15, -0.1) is 0 Å². The highest BCUT2D eigenvalue weighted by molar-refractivity contribution is 5.92. The summed E-state index contributed by atoms with van der Waals surface area (Å²) >= 11 is 0. The second-order valence-corrected chi connectivity index (χ2v) is 8.53. The van der Waals surface area contributed by atoms with Crippen LogP contribution in [0.3, 0.4) is 0 Å². The Labute approximate surface area is 178 Å². The zero-order valence-corrected chi connectivity index (χ0v) is 17.7. The molecule has 0 radical (unpaired) electrons. The molecule has 162 valence electrons. The van der Waals surface area contributed by atoms with Crippen LogP contribution in [0.2, 0.25) is 0 Å². The maximum Gasteiger partial charge on any atom is 0.269 e. The first-order chi connectivity index (χ1) is 14.6. The van der Waals surface area contributed by atoms with E-state index in [0.29, 0.717) is 12.2 Å². The molecule has 0 spiro atoms. The van der Waals surface area contributed by atoms with Gasteiger partial charge in [-0.05, 0) is 37.3 Å². The van der Waals surface area contributed by atoms with Gasteiger partial charge in [0.25, 0.3) is 5.91 Å². The molecule has 3 atom stereocenters. The summed E-state index contributed by atoms with van der Waals surface area (Å²) in [6, 6.07) is 12.3. The number of nitrogens with zero attached hydrogens (tertiary/aromatic N) is 3. The van der Waals surface area contributed by atoms with Crippen molar-refractivity contribution in [3.63, 3.8) is 0 Å². The molecule has 2 heterocycles. The van der Waals surface area contributed by atoms with E-state index >= 15 is 0 Å². The summed E-state index contributed by atoms with van der Waals surface area (Å²) in [7, 11) is 1.77. The summed E-state index contributed by atoms with van der Waals surface area (Å²) < 4.78 is 7.09. The topological polar surface area (TPSA) is 79.6 Å². The normalized spacial score (nSPS) is 28.1. The average Bonchev–Trinajstić information content (AvgIpc) is 3.14. The summed E-state index contributed by atoms with van der Waals surface area (Å²) in [6.07, 6.45) is 4.65. The number of aliphatic hydroxyl groups is 1. The van der Waals surface area contributed by atoms with E-state index in [-0.39, 0.29) is 23.5 Å². The number of hydrogen-bond acceptors (Lipinski definition) is 5. The van der Waals surface area contributed by atoms with Gasteiger partial charge in [-0.2, -0.15) is 5.10 Å². The molecule has 1 saturated heterocycles. The Morgan fingerprint density at radius 2 is 1.93 bits per heavy atom. The van der Waals surface area contributed by atoms with Crippen molar-refractivity contribution in [1.29, 1.82) is 0 Å². The van der Waals surface area contributed by atoms with Gasteiger partial charge >= 0.3 is 0 Å². The summed E-state index contributed by atoms with van der Waals surface area (Å²) in [6.45, 7) is 3.75. The van der Waals surface area contributed by atoms with Crippen molar-refractivity contribution in [2.24, 2.45) is 7.05 Å². The lowest BCUT2D eigenvalue weighted by atomic mass is 9.74. The van der Waals surface area contributed by atoms with Crippen molar-refractivity contribution in [2.45, 2.75) is 43.2 Å². The lowest BCUT2D eigenvalue weighted by molar-refractivity contribution is -0.0236. The molecule has 2 aliphatic rings. The van der Waals surface area contributed by atoms with Gasteiger partial charge in [0.1, 0.15) is 5.69 Å². The number of rotatable bonds is 5. The van der Waals surface area contributed by atoms with Gasteiger partial charge in [-0.3, -0.25) is 14.4 Å². The van der Waals surface area contributed by atoms with Crippen molar-refractivity contribution in [3.05, 3.63) is 53.9 Å². The molecule has 1 aromatic heterocycles. The number of carbonyl (C=O) groups excluding carboxylic acids is 1. The number of nitrogens with one attached hydrogen (secondary N) is 1. The van der Waals surface area contributed by atoms with Crippen LogP contribution in [0.25, 0.3) is 0 Å². The molecule has 0 unspecified atom stereocenters. The van der Waals surface area contributed by atoms with Gasteiger partial charge in [0.05, 0.1) is 19.3 Å². The van der Waals surface area contributed by atoms with Crippen LogP contribution in [-0.2, 0) is 17.2 Å². The lowest BCUT2D eigenvalue weighted by Crippen LogP contribution is -2.48. The van der Waals surface area contributed by atoms with Crippen molar-refractivity contribution in [1.82, 2.24) is 20.0 Å². The Hall–Kier alpha value is -2.22. The Balaban J connectivity index is 1.54. The molecule has 2 fully saturated rings. The van der Waals surface area contributed by atoms with Crippen molar-refractivity contribution < 1.29 is 14.6 Å². The van der Waals surface area contributed by atoms with Gasteiger partial charge in [0, 0.05) is 44.3 Å². The first-order valence-electron chi connectivity index (χ1n) is 10.9. The largest absolute Gasteiger partial charge is 0.391 e. The van der Waals surface area contributed by atoms with E-state index in [1.807, 2.05) is 6.07 Å². The summed E-state index contributed by atoms with van der Waals surface area (Å²) in [4.78, 5) is 15.1. The molecule has 0 bridgehead atoms. The lowest BCUT2D eigenvalue weighted by Gasteiger charge is -2.37. The van der Waals surface area contributed by atoms with Crippen LogP contribution in [0.1, 0.15) is 41.7 Å². The molecule has 1 aromatic carbocycles. The second-order valence-electron chi connectivity index (χ2n) is 8.53. The average molecular weight is 413 g/mol. The quantitative estimate of drug-likeness (QED) is 0.731. The summed E-state index contributed by atoms with van der Waals surface area (Å²) in [5.41, 5.74) is 1.58. The van der Waals surface area contributed by atoms with Crippen LogP contribution in [0.4, 0.5) is 0 Å². The number of carbonyl (C=O) groups is 1. The third-order valence-electron chi connectivity index (χ3n) is 6.82. The van der Waals surface area contributed by atoms with Crippen LogP contribution in [0.5, 0.6) is 0 Å². The molecular formula is C23H32N4O3. The van der Waals surface area contributed by atoms with E-state index in [2.05, 4.69) is 39.6 Å². The molecule has 1 saturated carbocycles. The predicted octanol–water partition coefficient (Wildman–Crippen LogP) is 1.72. The standard InChI is InChI=1S/C23H32N4O3/c1-26-20(9-12-25-26)22(29)24-17-23(18-5-3-2-4-6-18)10-7-19(21(28)8-11-23)27-13-15-30-16-14-27/h2-6,9,12,19,21,28H,7-8,10-11,13-17H2,1H3,(H,24,29)/t19-,21-,23-/m1/s1. The number of ether oxygens (including phenoxy) is 1. The molecule has 2 N–H and O–H groups in total. The van der Waals surface area contributed by atoms with Crippen LogP contribution >= 0.6 is 0 Å². The van der Waals surface area contributed by atoms with Crippen LogP contribution in [-0.4, -0.2) is 70.7 Å². The smallest absolute Gasteiger partial charge is 0.269 e. The third kappa shape index (κ3) is 4.43. The highest BCUT2D eigenvalue weighted by Gasteiger charge is 2.40. The van der Waals surface area contributed by atoms with Crippen molar-refractivity contribution in [2.75, 3.05) is 32.8 Å². The Morgan fingerprint density at radius 1 is 1.20 bits per heavy atom. The van der Waals surface area contributed by atoms with E-state index in [4.69, 9.17) is 4.74 Å². The Bertz CT molecular complexity index is 834. The molecule has 4 rings (SSSR count). The minimum atomic E-state index is -0.360. The van der Waals surface area contributed by atoms with E-state index in [0.717, 1.165) is 52.0 Å². The molecule has 30 heavy (non-hydrogen) atoms. The number of morpholine rings is 1. The Kier molecular flexibility index (Phi) is 6.51. The van der Waals surface area contributed by atoms with Gasteiger partial charge in [0.15, 0.2) is 0 Å². The summed E-state index contributed by atoms with van der Waals surface area (Å²) in [5.74, 6) is -0.111. The molecular weight excluding hydrogens is 380 g/mol. The number of aliphatic hydroxyl groups excluding tert-OH is 1. The van der Waals surface area contributed by atoms with Crippen molar-refractivity contribution >= 4 is 5.91 Å². The fraction of sp³-hybridized carbons (Fsp3) is 0.565. The summed E-state index contributed by atoms with van der Waals surface area (Å²) in [5, 5.41) is 18.2. The third-order valence-corrected chi connectivity index (χ3v) is 6.82. The fourth-order valence-electron chi connectivity index (χ4n) is 4.99. The van der Waals surface area contributed by atoms with Gasteiger partial charge in [-0.1, -0.05) is 30.3 Å². The minimum absolute atomic E-state index is 0.111. The molecule has 1 aliphatic heterocycles. The highest BCUT2D eigenvalue weighted by atomic mass is 16.5. The van der Waals surface area contributed by atoms with E-state index < -0.39 is 0 Å². The maximum atomic E-state index is 12.8. The van der Waals surface area contributed by atoms with Crippen molar-refractivity contribution in [3.8, 4) is 0 Å². The zero-order valence-electron chi connectivity index (χ0n) is 17.7. The second kappa shape index (κ2) is 9.29. The molecule has 7 heteroatoms. The number of benzene rings is 1. The van der Waals surface area contributed by atoms with Gasteiger partial charge < -0.3 is 15.2 Å². The van der Waals surface area contributed by atoms with Gasteiger partial charge in [0.2, 0.25) is 0 Å². The number of aryl methyl sites for hydroxylation is 1. The zero-order chi connectivity index (χ0) is 21.0.